The molecule has 4 heteroatoms. The maximum Gasteiger partial charge on any atom is 0.238 e. The molecule has 17 heavy (non-hydrogen) atoms. The Morgan fingerprint density at radius 3 is 2.82 bits per heavy atom. The molecule has 0 fully saturated rings. The summed E-state index contributed by atoms with van der Waals surface area (Å²) in [5.41, 5.74) is 6.63. The number of rotatable bonds is 4. The van der Waals surface area contributed by atoms with Crippen LogP contribution in [0.25, 0.3) is 0 Å². The first-order valence-corrected chi connectivity index (χ1v) is 6.09. The van der Waals surface area contributed by atoms with Crippen molar-refractivity contribution in [2.45, 2.75) is 25.4 Å². The van der Waals surface area contributed by atoms with E-state index in [0.29, 0.717) is 0 Å². The number of benzene rings is 1. The van der Waals surface area contributed by atoms with Crippen LogP contribution < -0.4 is 11.1 Å². The molecule has 3 N–H and O–H groups in total. The molecule has 0 aliphatic rings. The van der Waals surface area contributed by atoms with Crippen molar-refractivity contribution >= 4 is 21.8 Å². The Hall–Kier alpha value is -1.31. The van der Waals surface area contributed by atoms with Gasteiger partial charge in [-0.3, -0.25) is 4.79 Å². The average Bonchev–Trinajstić information content (AvgIpc) is 2.29. The monoisotopic (exact) mass is 294 g/mol. The lowest BCUT2D eigenvalue weighted by atomic mass is 10.1. The predicted octanol–water partition coefficient (Wildman–Crippen LogP) is 1.98. The molecule has 0 aromatic heterocycles. The molecular weight excluding hydrogens is 280 g/mol. The zero-order chi connectivity index (χ0) is 12.8. The third kappa shape index (κ3) is 3.88. The number of carbonyl (C=O) groups excluding carboxylic acids is 1. The third-order valence-electron chi connectivity index (χ3n) is 2.41. The standard InChI is InChI=1S/C13H15BrN2O/c1-3-6-12(15)13(17)16-9(2)10-7-4-5-8-11(10)14/h1,4-5,7-9,12H,6,15H2,2H3,(H,16,17). The molecule has 90 valence electrons. The van der Waals surface area contributed by atoms with Gasteiger partial charge in [0.25, 0.3) is 0 Å². The quantitative estimate of drug-likeness (QED) is 0.835. The van der Waals surface area contributed by atoms with E-state index in [4.69, 9.17) is 12.2 Å². The fraction of sp³-hybridized carbons (Fsp3) is 0.308. The molecule has 0 spiro atoms. The summed E-state index contributed by atoms with van der Waals surface area (Å²) in [7, 11) is 0. The van der Waals surface area contributed by atoms with Crippen molar-refractivity contribution < 1.29 is 4.79 Å². The largest absolute Gasteiger partial charge is 0.348 e. The second kappa shape index (κ2) is 6.43. The van der Waals surface area contributed by atoms with E-state index in [1.807, 2.05) is 31.2 Å². The summed E-state index contributed by atoms with van der Waals surface area (Å²) in [6.07, 6.45) is 5.36. The first-order valence-electron chi connectivity index (χ1n) is 5.30. The van der Waals surface area contributed by atoms with Crippen molar-refractivity contribution in [1.29, 1.82) is 0 Å². The van der Waals surface area contributed by atoms with Crippen LogP contribution in [-0.4, -0.2) is 11.9 Å². The molecule has 2 atom stereocenters. The molecule has 3 nitrogen and oxygen atoms in total. The molecule has 1 aromatic carbocycles. The minimum Gasteiger partial charge on any atom is -0.348 e. The van der Waals surface area contributed by atoms with E-state index in [0.717, 1.165) is 10.0 Å². The van der Waals surface area contributed by atoms with Crippen LogP contribution in [0.3, 0.4) is 0 Å². The van der Waals surface area contributed by atoms with Crippen molar-refractivity contribution in [2.75, 3.05) is 0 Å². The molecule has 0 aliphatic carbocycles. The molecule has 0 saturated carbocycles. The van der Waals surface area contributed by atoms with E-state index < -0.39 is 6.04 Å². The topological polar surface area (TPSA) is 55.1 Å². The molecule has 0 bridgehead atoms. The van der Waals surface area contributed by atoms with Gasteiger partial charge in [-0.2, -0.15) is 0 Å². The number of halogens is 1. The normalized spacial score (nSPS) is 13.5. The van der Waals surface area contributed by atoms with Crippen LogP contribution in [0.4, 0.5) is 0 Å². The summed E-state index contributed by atoms with van der Waals surface area (Å²) < 4.78 is 0.957. The van der Waals surface area contributed by atoms with Gasteiger partial charge in [-0.15, -0.1) is 12.3 Å². The number of terminal acetylenes is 1. The lowest BCUT2D eigenvalue weighted by Gasteiger charge is -2.17. The van der Waals surface area contributed by atoms with Crippen LogP contribution in [0.5, 0.6) is 0 Å². The van der Waals surface area contributed by atoms with E-state index in [-0.39, 0.29) is 18.4 Å². The van der Waals surface area contributed by atoms with Crippen molar-refractivity contribution in [3.05, 3.63) is 34.3 Å². The van der Waals surface area contributed by atoms with Gasteiger partial charge in [-0.1, -0.05) is 34.1 Å². The average molecular weight is 295 g/mol. The van der Waals surface area contributed by atoms with E-state index in [1.165, 1.54) is 0 Å². The number of nitrogens with one attached hydrogen (secondary N) is 1. The van der Waals surface area contributed by atoms with Gasteiger partial charge in [-0.05, 0) is 18.6 Å². The molecule has 0 heterocycles. The summed E-state index contributed by atoms with van der Waals surface area (Å²) in [4.78, 5) is 11.7. The van der Waals surface area contributed by atoms with E-state index >= 15 is 0 Å². The second-order valence-electron chi connectivity index (χ2n) is 3.77. The maximum atomic E-state index is 11.7. The van der Waals surface area contributed by atoms with Gasteiger partial charge >= 0.3 is 0 Å². The highest BCUT2D eigenvalue weighted by atomic mass is 79.9. The van der Waals surface area contributed by atoms with Crippen LogP contribution in [0, 0.1) is 12.3 Å². The molecule has 0 aliphatic heterocycles. The van der Waals surface area contributed by atoms with Crippen molar-refractivity contribution in [2.24, 2.45) is 5.73 Å². The zero-order valence-corrected chi connectivity index (χ0v) is 11.2. The Kier molecular flexibility index (Phi) is 5.20. The minimum absolute atomic E-state index is 0.109. The zero-order valence-electron chi connectivity index (χ0n) is 9.61. The predicted molar refractivity (Wildman–Crippen MR) is 72.1 cm³/mol. The van der Waals surface area contributed by atoms with Crippen LogP contribution in [-0.2, 0) is 4.79 Å². The molecule has 1 amide bonds. The van der Waals surface area contributed by atoms with E-state index in [2.05, 4.69) is 27.2 Å². The van der Waals surface area contributed by atoms with Crippen LogP contribution in [0.15, 0.2) is 28.7 Å². The van der Waals surface area contributed by atoms with Gasteiger partial charge in [0, 0.05) is 10.9 Å². The van der Waals surface area contributed by atoms with Crippen LogP contribution in [0.2, 0.25) is 0 Å². The number of amides is 1. The number of hydrogen-bond donors (Lipinski definition) is 2. The Morgan fingerprint density at radius 1 is 1.59 bits per heavy atom. The molecule has 2 unspecified atom stereocenters. The smallest absolute Gasteiger partial charge is 0.238 e. The van der Waals surface area contributed by atoms with Gasteiger partial charge < -0.3 is 11.1 Å². The summed E-state index contributed by atoms with van der Waals surface area (Å²) in [5.74, 6) is 2.15. The lowest BCUT2D eigenvalue weighted by molar-refractivity contribution is -0.122. The number of carbonyl (C=O) groups is 1. The highest BCUT2D eigenvalue weighted by molar-refractivity contribution is 9.10. The Bertz CT molecular complexity index is 439. The fourth-order valence-corrected chi connectivity index (χ4v) is 2.07. The lowest BCUT2D eigenvalue weighted by Crippen LogP contribution is -2.41. The highest BCUT2D eigenvalue weighted by Gasteiger charge is 2.16. The fourth-order valence-electron chi connectivity index (χ4n) is 1.44. The van der Waals surface area contributed by atoms with Gasteiger partial charge in [0.05, 0.1) is 12.1 Å². The SMILES string of the molecule is C#CCC(N)C(=O)NC(C)c1ccccc1Br. The van der Waals surface area contributed by atoms with Gasteiger partial charge in [0.1, 0.15) is 0 Å². The summed E-state index contributed by atoms with van der Waals surface area (Å²) in [5, 5.41) is 2.83. The Morgan fingerprint density at radius 2 is 2.24 bits per heavy atom. The van der Waals surface area contributed by atoms with Gasteiger partial charge in [-0.25, -0.2) is 0 Å². The third-order valence-corrected chi connectivity index (χ3v) is 3.13. The Balaban J connectivity index is 2.67. The van der Waals surface area contributed by atoms with Gasteiger partial charge in [0.15, 0.2) is 0 Å². The molecule has 0 radical (unpaired) electrons. The van der Waals surface area contributed by atoms with Crippen molar-refractivity contribution in [3.8, 4) is 12.3 Å². The molecular formula is C13H15BrN2O. The van der Waals surface area contributed by atoms with E-state index in [1.54, 1.807) is 0 Å². The molecule has 1 rings (SSSR count). The first-order chi connectivity index (χ1) is 8.06. The van der Waals surface area contributed by atoms with Crippen molar-refractivity contribution in [1.82, 2.24) is 5.32 Å². The highest BCUT2D eigenvalue weighted by Crippen LogP contribution is 2.22. The molecule has 0 saturated heterocycles. The summed E-state index contributed by atoms with van der Waals surface area (Å²) in [6, 6.07) is 6.96. The van der Waals surface area contributed by atoms with E-state index in [9.17, 15) is 4.79 Å². The molecule has 1 aromatic rings. The Labute approximate surface area is 110 Å². The summed E-state index contributed by atoms with van der Waals surface area (Å²) in [6.45, 7) is 1.90. The van der Waals surface area contributed by atoms with Crippen LogP contribution >= 0.6 is 15.9 Å². The first kappa shape index (κ1) is 13.8. The van der Waals surface area contributed by atoms with Crippen molar-refractivity contribution in [3.63, 3.8) is 0 Å². The number of nitrogens with two attached hydrogens (primary N) is 1. The second-order valence-corrected chi connectivity index (χ2v) is 4.62. The summed E-state index contributed by atoms with van der Waals surface area (Å²) >= 11 is 3.44. The maximum absolute atomic E-state index is 11.7. The number of hydrogen-bond acceptors (Lipinski definition) is 2. The van der Waals surface area contributed by atoms with Gasteiger partial charge in [0.2, 0.25) is 5.91 Å². The minimum atomic E-state index is -0.648. The van der Waals surface area contributed by atoms with Crippen LogP contribution in [0.1, 0.15) is 24.9 Å².